The number of phenolic OH excluding ortho intramolecular Hbond substituents is 2. The van der Waals surface area contributed by atoms with Crippen molar-refractivity contribution in [2.24, 2.45) is 0 Å². The minimum Gasteiger partial charge on any atom is -0.507 e. The van der Waals surface area contributed by atoms with E-state index in [-0.39, 0.29) is 34.4 Å². The lowest BCUT2D eigenvalue weighted by Crippen LogP contribution is -2.20. The zero-order chi connectivity index (χ0) is 19.9. The van der Waals surface area contributed by atoms with Gasteiger partial charge in [0, 0.05) is 0 Å². The van der Waals surface area contributed by atoms with Crippen LogP contribution in [0.15, 0.2) is 24.3 Å². The third-order valence-corrected chi connectivity index (χ3v) is 4.46. The molecule has 1 aliphatic rings. The van der Waals surface area contributed by atoms with Gasteiger partial charge in [-0.15, -0.1) is 0 Å². The van der Waals surface area contributed by atoms with Gasteiger partial charge in [-0.3, -0.25) is 19.2 Å². The van der Waals surface area contributed by atoms with Crippen molar-refractivity contribution in [3.05, 3.63) is 57.6 Å². The maximum absolute atomic E-state index is 12.9. The van der Waals surface area contributed by atoms with Gasteiger partial charge in [0.2, 0.25) is 5.78 Å². The molecule has 0 radical (unpaired) electrons. The summed E-state index contributed by atoms with van der Waals surface area (Å²) in [6, 6.07) is 5.98. The van der Waals surface area contributed by atoms with Crippen molar-refractivity contribution < 1.29 is 34.5 Å². The second-order valence-corrected chi connectivity index (χ2v) is 6.48. The second-order valence-electron chi connectivity index (χ2n) is 6.48. The predicted molar refractivity (Wildman–Crippen MR) is 93.4 cm³/mol. The topological polar surface area (TPSA) is 129 Å². The Bertz CT molecular complexity index is 1020. The summed E-state index contributed by atoms with van der Waals surface area (Å²) in [6.07, 6.45) is -0.873. The van der Waals surface area contributed by atoms with Crippen molar-refractivity contribution in [3.63, 3.8) is 0 Å². The van der Waals surface area contributed by atoms with Crippen LogP contribution in [0.5, 0.6) is 11.5 Å². The van der Waals surface area contributed by atoms with E-state index < -0.39 is 41.9 Å². The quantitative estimate of drug-likeness (QED) is 0.464. The van der Waals surface area contributed by atoms with Crippen LogP contribution in [0, 0.1) is 0 Å². The first-order valence-corrected chi connectivity index (χ1v) is 8.18. The highest BCUT2D eigenvalue weighted by Crippen LogP contribution is 2.40. The third-order valence-electron chi connectivity index (χ3n) is 4.46. The van der Waals surface area contributed by atoms with Crippen LogP contribution in [0.2, 0.25) is 0 Å². The number of hydrogen-bond donors (Lipinski definition) is 3. The zero-order valence-electron chi connectivity index (χ0n) is 14.4. The molecular weight excluding hydrogens is 352 g/mol. The molecule has 0 spiro atoms. The van der Waals surface area contributed by atoms with Crippen LogP contribution in [0.3, 0.4) is 0 Å². The normalized spacial score (nSPS) is 12.3. The molecule has 0 bridgehead atoms. The van der Waals surface area contributed by atoms with Crippen LogP contribution in [0.25, 0.3) is 0 Å². The van der Waals surface area contributed by atoms with Gasteiger partial charge in [-0.2, -0.15) is 0 Å². The molecule has 7 nitrogen and oxygen atoms in total. The summed E-state index contributed by atoms with van der Waals surface area (Å²) in [7, 11) is 0. The van der Waals surface area contributed by atoms with Crippen LogP contribution >= 0.6 is 0 Å². The number of Topliss-reactive ketones (excluding diaryl/α,β-unsaturated/α-hetero) is 2. The number of carbonyl (C=O) groups is 4. The Morgan fingerprint density at radius 2 is 1.78 bits per heavy atom. The summed E-state index contributed by atoms with van der Waals surface area (Å²) in [5, 5.41) is 29.8. The van der Waals surface area contributed by atoms with Crippen LogP contribution in [0.1, 0.15) is 56.3 Å². The highest BCUT2D eigenvalue weighted by atomic mass is 16.4. The summed E-state index contributed by atoms with van der Waals surface area (Å²) in [5.74, 6) is -3.96. The van der Waals surface area contributed by atoms with Crippen molar-refractivity contribution in [2.45, 2.75) is 26.2 Å². The van der Waals surface area contributed by atoms with Crippen molar-refractivity contribution in [1.29, 1.82) is 0 Å². The fourth-order valence-corrected chi connectivity index (χ4v) is 3.43. The monoisotopic (exact) mass is 368 g/mol. The first-order valence-electron chi connectivity index (χ1n) is 8.18. The summed E-state index contributed by atoms with van der Waals surface area (Å²) in [6.45, 7) is 1.20. The van der Waals surface area contributed by atoms with E-state index in [0.29, 0.717) is 11.1 Å². The summed E-state index contributed by atoms with van der Waals surface area (Å²) >= 11 is 0. The van der Waals surface area contributed by atoms with Gasteiger partial charge in [0.1, 0.15) is 17.3 Å². The first kappa shape index (κ1) is 18.3. The van der Waals surface area contributed by atoms with Gasteiger partial charge in [0.15, 0.2) is 5.78 Å². The molecule has 2 aromatic carbocycles. The third kappa shape index (κ3) is 3.19. The molecule has 27 heavy (non-hydrogen) atoms. The van der Waals surface area contributed by atoms with Gasteiger partial charge in [-0.05, 0) is 36.1 Å². The van der Waals surface area contributed by atoms with Crippen LogP contribution in [-0.2, 0) is 22.4 Å². The number of ketones is 3. The average molecular weight is 368 g/mol. The largest absolute Gasteiger partial charge is 0.507 e. The van der Waals surface area contributed by atoms with Crippen molar-refractivity contribution >= 4 is 23.3 Å². The molecule has 2 aromatic rings. The minimum absolute atomic E-state index is 0.0382. The van der Waals surface area contributed by atoms with E-state index in [0.717, 1.165) is 0 Å². The van der Waals surface area contributed by atoms with Gasteiger partial charge in [-0.1, -0.05) is 18.2 Å². The number of phenols is 2. The molecule has 3 N–H and O–H groups in total. The minimum atomic E-state index is -1.22. The van der Waals surface area contributed by atoms with E-state index in [1.807, 2.05) is 0 Å². The van der Waals surface area contributed by atoms with Gasteiger partial charge in [0.05, 0.1) is 29.5 Å². The number of hydrogen-bond acceptors (Lipinski definition) is 6. The van der Waals surface area contributed by atoms with Gasteiger partial charge in [0.25, 0.3) is 0 Å². The molecule has 0 aromatic heterocycles. The Labute approximate surface area is 153 Å². The Morgan fingerprint density at radius 3 is 2.41 bits per heavy atom. The molecule has 3 rings (SSSR count). The number of aliphatic carboxylic acids is 1. The smallest absolute Gasteiger partial charge is 0.307 e. The molecule has 0 fully saturated rings. The fraction of sp³-hybridized carbons (Fsp3) is 0.200. The summed E-state index contributed by atoms with van der Waals surface area (Å²) < 4.78 is 0. The van der Waals surface area contributed by atoms with E-state index in [4.69, 9.17) is 5.11 Å². The second kappa shape index (κ2) is 6.68. The van der Waals surface area contributed by atoms with Crippen LogP contribution < -0.4 is 0 Å². The van der Waals surface area contributed by atoms with E-state index >= 15 is 0 Å². The van der Waals surface area contributed by atoms with Crippen LogP contribution in [-0.4, -0.2) is 38.6 Å². The van der Waals surface area contributed by atoms with Crippen molar-refractivity contribution in [2.75, 3.05) is 0 Å². The molecular formula is C20H16O7. The van der Waals surface area contributed by atoms with E-state index in [1.54, 1.807) is 12.1 Å². The molecule has 138 valence electrons. The van der Waals surface area contributed by atoms with Gasteiger partial charge in [-0.25, -0.2) is 0 Å². The number of rotatable bonds is 5. The Balaban J connectivity index is 2.24. The molecule has 0 atom stereocenters. The zero-order valence-corrected chi connectivity index (χ0v) is 14.4. The standard InChI is InChI=1S/C20H16O7/c1-9(21)5-14(23)17-12(8-15(24)25)7-11-6-10-3-2-4-13(22)16(10)19(26)18(11)20(17)27/h2-4,7,22,27H,5-6,8H2,1H3,(H,24,25). The lowest BCUT2D eigenvalue weighted by molar-refractivity contribution is -0.136. The van der Waals surface area contributed by atoms with Gasteiger partial charge >= 0.3 is 5.97 Å². The highest BCUT2D eigenvalue weighted by Gasteiger charge is 2.33. The van der Waals surface area contributed by atoms with E-state index in [9.17, 15) is 29.4 Å². The predicted octanol–water partition coefficient (Wildman–Crippen LogP) is 2.02. The number of benzene rings is 2. The molecule has 0 amide bonds. The number of carboxylic acid groups (broad SMARTS) is 1. The lowest BCUT2D eigenvalue weighted by atomic mass is 9.80. The Hall–Kier alpha value is -3.48. The first-order chi connectivity index (χ1) is 12.7. The summed E-state index contributed by atoms with van der Waals surface area (Å²) in [5.41, 5.74) is 0.503. The molecule has 0 unspecified atom stereocenters. The Morgan fingerprint density at radius 1 is 1.07 bits per heavy atom. The molecule has 0 aliphatic heterocycles. The fourth-order valence-electron chi connectivity index (χ4n) is 3.43. The number of aromatic hydroxyl groups is 2. The molecule has 7 heteroatoms. The van der Waals surface area contributed by atoms with Crippen molar-refractivity contribution in [1.82, 2.24) is 0 Å². The molecule has 0 saturated carbocycles. The maximum Gasteiger partial charge on any atom is 0.307 e. The van der Waals surface area contributed by atoms with E-state index in [2.05, 4.69) is 0 Å². The lowest BCUT2D eigenvalue weighted by Gasteiger charge is -2.23. The average Bonchev–Trinajstić information content (AvgIpc) is 2.52. The molecule has 0 heterocycles. The summed E-state index contributed by atoms with van der Waals surface area (Å²) in [4.78, 5) is 47.8. The van der Waals surface area contributed by atoms with Crippen LogP contribution in [0.4, 0.5) is 0 Å². The molecule has 1 aliphatic carbocycles. The van der Waals surface area contributed by atoms with Crippen molar-refractivity contribution in [3.8, 4) is 11.5 Å². The SMILES string of the molecule is CC(=O)CC(=O)c1c(CC(=O)O)cc2c(c1O)C(=O)c1c(O)cccc1C2. The number of carboxylic acids is 1. The van der Waals surface area contributed by atoms with Gasteiger partial charge < -0.3 is 15.3 Å². The van der Waals surface area contributed by atoms with E-state index in [1.165, 1.54) is 19.1 Å². The number of fused-ring (bicyclic) bond motifs is 2. The molecule has 0 saturated heterocycles. The maximum atomic E-state index is 12.9. The Kier molecular flexibility index (Phi) is 4.53. The number of carbonyl (C=O) groups excluding carboxylic acids is 3. The highest BCUT2D eigenvalue weighted by molar-refractivity contribution is 6.18.